The lowest BCUT2D eigenvalue weighted by Crippen LogP contribution is -2.52. The lowest BCUT2D eigenvalue weighted by molar-refractivity contribution is 0.312. The molecule has 31 heavy (non-hydrogen) atoms. The molecule has 0 saturated carbocycles. The second kappa shape index (κ2) is 9.96. The fourth-order valence-electron chi connectivity index (χ4n) is 4.09. The van der Waals surface area contributed by atoms with E-state index in [2.05, 4.69) is 54.1 Å². The number of nitrogens with one attached hydrogen (secondary N) is 1. The number of pyridine rings is 1. The number of benzene rings is 1. The number of anilines is 2. The van der Waals surface area contributed by atoms with Crippen LogP contribution in [0.5, 0.6) is 0 Å². The first kappa shape index (κ1) is 21.4. The minimum atomic E-state index is -0.196. The Labute approximate surface area is 184 Å². The molecule has 8 heteroatoms. The Morgan fingerprint density at radius 1 is 0.935 bits per heavy atom. The van der Waals surface area contributed by atoms with Gasteiger partial charge in [0, 0.05) is 77.8 Å². The van der Waals surface area contributed by atoms with Crippen molar-refractivity contribution in [2.75, 3.05) is 76.3 Å². The van der Waals surface area contributed by atoms with Crippen molar-refractivity contribution in [3.8, 4) is 0 Å². The molecule has 2 aliphatic heterocycles. The van der Waals surface area contributed by atoms with Crippen molar-refractivity contribution in [3.05, 3.63) is 54.0 Å². The van der Waals surface area contributed by atoms with Gasteiger partial charge in [0.15, 0.2) is 5.96 Å². The van der Waals surface area contributed by atoms with Crippen LogP contribution in [0.25, 0.3) is 0 Å². The minimum absolute atomic E-state index is 0.196. The molecule has 1 N–H and O–H groups in total. The lowest BCUT2D eigenvalue weighted by atomic mass is 10.2. The van der Waals surface area contributed by atoms with Gasteiger partial charge in [-0.05, 0) is 42.9 Å². The summed E-state index contributed by atoms with van der Waals surface area (Å²) >= 11 is 0. The van der Waals surface area contributed by atoms with Crippen LogP contribution in [0.1, 0.15) is 5.56 Å². The van der Waals surface area contributed by atoms with Crippen molar-refractivity contribution < 1.29 is 4.39 Å². The predicted molar refractivity (Wildman–Crippen MR) is 124 cm³/mol. The van der Waals surface area contributed by atoms with Crippen LogP contribution >= 0.6 is 0 Å². The Morgan fingerprint density at radius 3 is 2.23 bits per heavy atom. The maximum absolute atomic E-state index is 13.2. The molecule has 0 bridgehead atoms. The van der Waals surface area contributed by atoms with Gasteiger partial charge in [0.25, 0.3) is 0 Å². The van der Waals surface area contributed by atoms with Crippen molar-refractivity contribution in [3.63, 3.8) is 0 Å². The summed E-state index contributed by atoms with van der Waals surface area (Å²) in [5.74, 6) is 1.76. The standard InChI is InChI=1S/C23H32FN7/c1-25-23(31-15-13-29(14-16-31)21-6-4-20(24)5-7-21)27-18-19-3-8-22(26-17-19)30-11-9-28(2)10-12-30/h3-8,17H,9-16,18H2,1-2H3,(H,25,27). The number of halogens is 1. The van der Waals surface area contributed by atoms with Crippen molar-refractivity contribution >= 4 is 17.5 Å². The number of nitrogens with zero attached hydrogens (tertiary/aromatic N) is 6. The van der Waals surface area contributed by atoms with Gasteiger partial charge in [-0.3, -0.25) is 4.99 Å². The molecular formula is C23H32FN7. The predicted octanol–water partition coefficient (Wildman–Crippen LogP) is 1.87. The van der Waals surface area contributed by atoms with Crippen LogP contribution in [0.15, 0.2) is 47.6 Å². The number of likely N-dealkylation sites (N-methyl/N-ethyl adjacent to an activating group) is 1. The highest BCUT2D eigenvalue weighted by Gasteiger charge is 2.20. The highest BCUT2D eigenvalue weighted by Crippen LogP contribution is 2.17. The first-order chi connectivity index (χ1) is 15.1. The Bertz CT molecular complexity index is 852. The van der Waals surface area contributed by atoms with Gasteiger partial charge in [0.1, 0.15) is 11.6 Å². The van der Waals surface area contributed by atoms with Gasteiger partial charge in [0.2, 0.25) is 0 Å². The Balaban J connectivity index is 1.26. The maximum Gasteiger partial charge on any atom is 0.194 e. The van der Waals surface area contributed by atoms with E-state index < -0.39 is 0 Å². The zero-order valence-electron chi connectivity index (χ0n) is 18.5. The van der Waals surface area contributed by atoms with Gasteiger partial charge in [-0.1, -0.05) is 6.07 Å². The second-order valence-corrected chi connectivity index (χ2v) is 8.17. The highest BCUT2D eigenvalue weighted by molar-refractivity contribution is 5.80. The molecule has 0 amide bonds. The van der Waals surface area contributed by atoms with E-state index in [1.54, 1.807) is 0 Å². The van der Waals surface area contributed by atoms with Gasteiger partial charge < -0.3 is 24.9 Å². The summed E-state index contributed by atoms with van der Waals surface area (Å²) in [6.07, 6.45) is 1.96. The van der Waals surface area contributed by atoms with Crippen molar-refractivity contribution in [2.45, 2.75) is 6.54 Å². The third-order valence-electron chi connectivity index (χ3n) is 6.07. The van der Waals surface area contributed by atoms with E-state index in [1.165, 1.54) is 12.1 Å². The number of rotatable bonds is 4. The van der Waals surface area contributed by atoms with E-state index in [1.807, 2.05) is 25.4 Å². The molecule has 2 aromatic rings. The largest absolute Gasteiger partial charge is 0.368 e. The topological polar surface area (TPSA) is 50.2 Å². The summed E-state index contributed by atoms with van der Waals surface area (Å²) in [5.41, 5.74) is 2.21. The van der Waals surface area contributed by atoms with Gasteiger partial charge in [-0.15, -0.1) is 0 Å². The van der Waals surface area contributed by atoms with E-state index in [4.69, 9.17) is 0 Å². The molecule has 2 saturated heterocycles. The molecule has 4 rings (SSSR count). The lowest BCUT2D eigenvalue weighted by Gasteiger charge is -2.37. The molecule has 0 aliphatic carbocycles. The third-order valence-corrected chi connectivity index (χ3v) is 6.07. The van der Waals surface area contributed by atoms with Gasteiger partial charge >= 0.3 is 0 Å². The summed E-state index contributed by atoms with van der Waals surface area (Å²) in [5, 5.41) is 3.47. The Morgan fingerprint density at radius 2 is 1.61 bits per heavy atom. The van der Waals surface area contributed by atoms with Crippen LogP contribution < -0.4 is 15.1 Å². The summed E-state index contributed by atoms with van der Waals surface area (Å²) in [6.45, 7) is 8.41. The molecule has 1 aromatic heterocycles. The minimum Gasteiger partial charge on any atom is -0.368 e. The maximum atomic E-state index is 13.2. The molecule has 1 aromatic carbocycles. The zero-order valence-corrected chi connectivity index (χ0v) is 18.5. The molecule has 2 fully saturated rings. The molecule has 0 atom stereocenters. The highest BCUT2D eigenvalue weighted by atomic mass is 19.1. The SMILES string of the molecule is CN=C(NCc1ccc(N2CCN(C)CC2)nc1)N1CCN(c2ccc(F)cc2)CC1. The van der Waals surface area contributed by atoms with Crippen molar-refractivity contribution in [1.29, 1.82) is 0 Å². The van der Waals surface area contributed by atoms with E-state index in [-0.39, 0.29) is 5.82 Å². The van der Waals surface area contributed by atoms with Crippen molar-refractivity contribution in [1.82, 2.24) is 20.1 Å². The summed E-state index contributed by atoms with van der Waals surface area (Å²) in [7, 11) is 3.98. The number of aliphatic imine (C=N–C) groups is 1. The van der Waals surface area contributed by atoms with E-state index in [0.29, 0.717) is 6.54 Å². The summed E-state index contributed by atoms with van der Waals surface area (Å²) < 4.78 is 13.2. The molecule has 166 valence electrons. The van der Waals surface area contributed by atoms with Crippen molar-refractivity contribution in [2.24, 2.45) is 4.99 Å². The first-order valence-electron chi connectivity index (χ1n) is 11.0. The second-order valence-electron chi connectivity index (χ2n) is 8.17. The molecule has 3 heterocycles. The van der Waals surface area contributed by atoms with Crippen LogP contribution in [0.4, 0.5) is 15.9 Å². The summed E-state index contributed by atoms with van der Waals surface area (Å²) in [6, 6.07) is 11.0. The molecule has 0 spiro atoms. The number of hydrogen-bond acceptors (Lipinski definition) is 5. The van der Waals surface area contributed by atoms with Gasteiger partial charge in [-0.2, -0.15) is 0 Å². The quantitative estimate of drug-likeness (QED) is 0.596. The fraction of sp³-hybridized carbons (Fsp3) is 0.478. The van der Waals surface area contributed by atoms with E-state index in [0.717, 1.165) is 75.4 Å². The van der Waals surface area contributed by atoms with E-state index in [9.17, 15) is 4.39 Å². The van der Waals surface area contributed by atoms with Crippen LogP contribution in [0, 0.1) is 5.82 Å². The van der Waals surface area contributed by atoms with Crippen LogP contribution in [0.3, 0.4) is 0 Å². The number of piperazine rings is 2. The Hall–Kier alpha value is -2.87. The fourth-order valence-corrected chi connectivity index (χ4v) is 4.09. The number of aromatic nitrogens is 1. The molecular weight excluding hydrogens is 393 g/mol. The normalized spacial score (nSPS) is 18.4. The first-order valence-corrected chi connectivity index (χ1v) is 11.0. The third kappa shape index (κ3) is 5.44. The van der Waals surface area contributed by atoms with Crippen LogP contribution in [-0.2, 0) is 6.54 Å². The van der Waals surface area contributed by atoms with E-state index >= 15 is 0 Å². The zero-order chi connectivity index (χ0) is 21.6. The van der Waals surface area contributed by atoms with Gasteiger partial charge in [-0.25, -0.2) is 9.37 Å². The average Bonchev–Trinajstić information content (AvgIpc) is 2.81. The number of guanidine groups is 1. The van der Waals surface area contributed by atoms with Crippen LogP contribution in [0.2, 0.25) is 0 Å². The average molecular weight is 426 g/mol. The Kier molecular flexibility index (Phi) is 6.86. The molecule has 0 unspecified atom stereocenters. The van der Waals surface area contributed by atoms with Crippen LogP contribution in [-0.4, -0.2) is 87.2 Å². The smallest absolute Gasteiger partial charge is 0.194 e. The monoisotopic (exact) mass is 425 g/mol. The number of hydrogen-bond donors (Lipinski definition) is 1. The molecule has 2 aliphatic rings. The molecule has 7 nitrogen and oxygen atoms in total. The molecule has 0 radical (unpaired) electrons. The summed E-state index contributed by atoms with van der Waals surface area (Å²) in [4.78, 5) is 18.4. The van der Waals surface area contributed by atoms with Gasteiger partial charge in [0.05, 0.1) is 0 Å².